The van der Waals surface area contributed by atoms with Crippen LogP contribution in [0.15, 0.2) is 36.9 Å². The Balaban J connectivity index is 2.08. The molecule has 3 rings (SSSR count). The maximum absolute atomic E-state index is 6.14. The minimum absolute atomic E-state index is 0.391. The quantitative estimate of drug-likeness (QED) is 0.801. The second kappa shape index (κ2) is 5.54. The summed E-state index contributed by atoms with van der Waals surface area (Å²) < 4.78 is 4.37. The third-order valence-corrected chi connectivity index (χ3v) is 4.02. The molecule has 21 heavy (non-hydrogen) atoms. The summed E-state index contributed by atoms with van der Waals surface area (Å²) in [6.07, 6.45) is 5.90. The molecule has 110 valence electrons. The fourth-order valence-corrected chi connectivity index (χ4v) is 2.89. The summed E-state index contributed by atoms with van der Waals surface area (Å²) in [6.45, 7) is 5.59. The highest BCUT2D eigenvalue weighted by Gasteiger charge is 2.11. The zero-order valence-electron chi connectivity index (χ0n) is 12.3. The molecule has 3 aromatic rings. The average Bonchev–Trinajstić information content (AvgIpc) is 3.04. The second-order valence-corrected chi connectivity index (χ2v) is 5.97. The summed E-state index contributed by atoms with van der Waals surface area (Å²) in [4.78, 5) is 4.26. The van der Waals surface area contributed by atoms with Crippen molar-refractivity contribution in [2.75, 3.05) is 0 Å². The van der Waals surface area contributed by atoms with Crippen molar-refractivity contribution in [1.82, 2.24) is 14.1 Å². The molecule has 0 radical (unpaired) electrons. The van der Waals surface area contributed by atoms with Crippen molar-refractivity contribution in [3.8, 4) is 0 Å². The predicted molar refractivity (Wildman–Crippen MR) is 86.6 cm³/mol. The Morgan fingerprint density at radius 1 is 1.33 bits per heavy atom. The van der Waals surface area contributed by atoms with Crippen molar-refractivity contribution < 1.29 is 0 Å². The number of halogens is 1. The van der Waals surface area contributed by atoms with E-state index in [4.69, 9.17) is 17.3 Å². The van der Waals surface area contributed by atoms with Gasteiger partial charge < -0.3 is 14.9 Å². The van der Waals surface area contributed by atoms with Crippen LogP contribution in [0.5, 0.6) is 0 Å². The molecule has 0 unspecified atom stereocenters. The molecule has 2 N–H and O–H groups in total. The zero-order chi connectivity index (χ0) is 15.0. The van der Waals surface area contributed by atoms with Crippen LogP contribution in [-0.4, -0.2) is 14.1 Å². The Morgan fingerprint density at radius 3 is 2.86 bits per heavy atom. The van der Waals surface area contributed by atoms with Crippen molar-refractivity contribution in [1.29, 1.82) is 0 Å². The van der Waals surface area contributed by atoms with Crippen LogP contribution in [0.3, 0.4) is 0 Å². The molecule has 0 fully saturated rings. The van der Waals surface area contributed by atoms with Gasteiger partial charge in [-0.2, -0.15) is 0 Å². The lowest BCUT2D eigenvalue weighted by Crippen LogP contribution is -2.08. The highest BCUT2D eigenvalue weighted by molar-refractivity contribution is 6.31. The van der Waals surface area contributed by atoms with Crippen LogP contribution in [0.25, 0.3) is 10.9 Å². The SMILES string of the molecule is CC(C)n1cncc1Cn1cc(CN)c2ccc(Cl)cc21. The van der Waals surface area contributed by atoms with E-state index < -0.39 is 0 Å². The van der Waals surface area contributed by atoms with Gasteiger partial charge in [-0.25, -0.2) is 4.98 Å². The number of hydrogen-bond acceptors (Lipinski definition) is 2. The molecule has 0 atom stereocenters. The van der Waals surface area contributed by atoms with E-state index in [0.29, 0.717) is 12.6 Å². The molecule has 2 aromatic heterocycles. The van der Waals surface area contributed by atoms with Gasteiger partial charge in [-0.05, 0) is 31.5 Å². The molecule has 0 amide bonds. The maximum atomic E-state index is 6.14. The van der Waals surface area contributed by atoms with Crippen LogP contribution in [0.1, 0.15) is 31.1 Å². The van der Waals surface area contributed by atoms with E-state index in [1.165, 1.54) is 5.69 Å². The van der Waals surface area contributed by atoms with Gasteiger partial charge in [0.15, 0.2) is 0 Å². The Kier molecular flexibility index (Phi) is 3.74. The van der Waals surface area contributed by atoms with Crippen molar-refractivity contribution in [3.63, 3.8) is 0 Å². The van der Waals surface area contributed by atoms with E-state index in [0.717, 1.165) is 28.0 Å². The van der Waals surface area contributed by atoms with Crippen LogP contribution in [0.4, 0.5) is 0 Å². The van der Waals surface area contributed by atoms with E-state index in [1.54, 1.807) is 0 Å². The highest BCUT2D eigenvalue weighted by Crippen LogP contribution is 2.25. The van der Waals surface area contributed by atoms with Crippen LogP contribution in [0, 0.1) is 0 Å². The van der Waals surface area contributed by atoms with Crippen molar-refractivity contribution >= 4 is 22.5 Å². The van der Waals surface area contributed by atoms with E-state index >= 15 is 0 Å². The second-order valence-electron chi connectivity index (χ2n) is 5.53. The van der Waals surface area contributed by atoms with Crippen molar-refractivity contribution in [2.45, 2.75) is 33.0 Å². The van der Waals surface area contributed by atoms with Gasteiger partial charge >= 0.3 is 0 Å². The Morgan fingerprint density at radius 2 is 2.14 bits per heavy atom. The summed E-state index contributed by atoms with van der Waals surface area (Å²) in [7, 11) is 0. The van der Waals surface area contributed by atoms with Crippen molar-refractivity contribution in [3.05, 3.63) is 53.2 Å². The lowest BCUT2D eigenvalue weighted by molar-refractivity contribution is 0.564. The van der Waals surface area contributed by atoms with E-state index in [9.17, 15) is 0 Å². The molecule has 2 heterocycles. The largest absolute Gasteiger partial charge is 0.341 e. The van der Waals surface area contributed by atoms with Gasteiger partial charge in [0.25, 0.3) is 0 Å². The van der Waals surface area contributed by atoms with E-state index in [1.807, 2.05) is 30.7 Å². The van der Waals surface area contributed by atoms with Crippen molar-refractivity contribution in [2.24, 2.45) is 5.73 Å². The smallest absolute Gasteiger partial charge is 0.0951 e. The number of hydrogen-bond donors (Lipinski definition) is 1. The number of nitrogens with zero attached hydrogens (tertiary/aromatic N) is 3. The fourth-order valence-electron chi connectivity index (χ4n) is 2.73. The van der Waals surface area contributed by atoms with Crippen LogP contribution in [0.2, 0.25) is 5.02 Å². The number of rotatable bonds is 4. The molecule has 0 spiro atoms. The molecule has 0 saturated heterocycles. The number of benzene rings is 1. The molecule has 0 aliphatic carbocycles. The molecule has 5 heteroatoms. The van der Waals surface area contributed by atoms with Gasteiger partial charge in [0, 0.05) is 35.4 Å². The number of fused-ring (bicyclic) bond motifs is 1. The summed E-state index contributed by atoms with van der Waals surface area (Å²) in [5, 5.41) is 1.90. The lowest BCUT2D eigenvalue weighted by Gasteiger charge is -2.13. The molecule has 0 saturated carbocycles. The number of aromatic nitrogens is 3. The van der Waals surface area contributed by atoms with Crippen LogP contribution < -0.4 is 5.73 Å². The first-order chi connectivity index (χ1) is 10.1. The van der Waals surface area contributed by atoms with E-state index in [2.05, 4.69) is 34.2 Å². The predicted octanol–water partition coefficient (Wildman–Crippen LogP) is 3.58. The van der Waals surface area contributed by atoms with Gasteiger partial charge in [0.1, 0.15) is 0 Å². The third kappa shape index (κ3) is 2.57. The van der Waals surface area contributed by atoms with Gasteiger partial charge in [0.2, 0.25) is 0 Å². The normalized spacial score (nSPS) is 11.7. The molecular weight excluding hydrogens is 284 g/mol. The molecule has 0 aliphatic rings. The summed E-state index contributed by atoms with van der Waals surface area (Å²) in [6, 6.07) is 6.33. The zero-order valence-corrected chi connectivity index (χ0v) is 13.0. The fraction of sp³-hybridized carbons (Fsp3) is 0.312. The van der Waals surface area contributed by atoms with Crippen LogP contribution in [-0.2, 0) is 13.1 Å². The minimum atomic E-state index is 0.391. The first-order valence-corrected chi connectivity index (χ1v) is 7.46. The summed E-state index contributed by atoms with van der Waals surface area (Å²) in [5.74, 6) is 0. The molecule has 1 aromatic carbocycles. The Hall–Kier alpha value is -1.78. The number of nitrogens with two attached hydrogens (primary N) is 1. The van der Waals surface area contributed by atoms with Gasteiger partial charge in [0.05, 0.1) is 24.1 Å². The Labute approximate surface area is 129 Å². The molecular formula is C16H19ClN4. The third-order valence-electron chi connectivity index (χ3n) is 3.78. The standard InChI is InChI=1S/C16H19ClN4/c1-11(2)21-10-19-7-14(21)9-20-8-12(6-18)15-4-3-13(17)5-16(15)20/h3-5,7-8,10-11H,6,9,18H2,1-2H3. The molecule has 0 aliphatic heterocycles. The molecule has 0 bridgehead atoms. The topological polar surface area (TPSA) is 48.8 Å². The summed E-state index contributed by atoms with van der Waals surface area (Å²) in [5.41, 5.74) is 9.27. The number of imidazole rings is 1. The minimum Gasteiger partial charge on any atom is -0.341 e. The van der Waals surface area contributed by atoms with E-state index in [-0.39, 0.29) is 0 Å². The van der Waals surface area contributed by atoms with Crippen LogP contribution >= 0.6 is 11.6 Å². The summed E-state index contributed by atoms with van der Waals surface area (Å²) >= 11 is 6.14. The first kappa shape index (κ1) is 14.2. The monoisotopic (exact) mass is 302 g/mol. The first-order valence-electron chi connectivity index (χ1n) is 7.08. The highest BCUT2D eigenvalue weighted by atomic mass is 35.5. The van der Waals surface area contributed by atoms with Gasteiger partial charge in [-0.3, -0.25) is 0 Å². The lowest BCUT2D eigenvalue weighted by atomic mass is 10.2. The Bertz CT molecular complexity index is 770. The van der Waals surface area contributed by atoms with Gasteiger partial charge in [-0.15, -0.1) is 0 Å². The molecule has 4 nitrogen and oxygen atoms in total. The maximum Gasteiger partial charge on any atom is 0.0951 e. The van der Waals surface area contributed by atoms with Gasteiger partial charge in [-0.1, -0.05) is 17.7 Å². The average molecular weight is 303 g/mol.